The molecule has 2 saturated carbocycles. The van der Waals surface area contributed by atoms with Crippen LogP contribution >= 0.6 is 0 Å². The molecule has 348 valence electrons. The van der Waals surface area contributed by atoms with Crippen LogP contribution < -0.4 is 14.5 Å². The molecule has 4 fully saturated rings. The number of ether oxygens (including phenoxy) is 2. The second kappa shape index (κ2) is 16.5. The van der Waals surface area contributed by atoms with E-state index in [9.17, 15) is 20.7 Å². The summed E-state index contributed by atoms with van der Waals surface area (Å²) in [5.41, 5.74) is 1.68. The molecular formula is C51H60N12O4. The lowest BCUT2D eigenvalue weighted by Crippen LogP contribution is -2.55. The molecule has 0 bridgehead atoms. The van der Waals surface area contributed by atoms with Gasteiger partial charge >= 0.3 is 6.01 Å². The van der Waals surface area contributed by atoms with Crippen LogP contribution in [0.1, 0.15) is 103 Å². The Morgan fingerprint density at radius 3 is 1.72 bits per heavy atom. The van der Waals surface area contributed by atoms with Gasteiger partial charge < -0.3 is 29.5 Å². The lowest BCUT2D eigenvalue weighted by molar-refractivity contribution is -0.0507. The Bertz CT molecular complexity index is 2930. The van der Waals surface area contributed by atoms with Crippen LogP contribution in [0.3, 0.4) is 0 Å². The number of benzene rings is 2. The van der Waals surface area contributed by atoms with Crippen molar-refractivity contribution in [3.8, 4) is 29.8 Å². The quantitative estimate of drug-likeness (QED) is 0.132. The van der Waals surface area contributed by atoms with Crippen molar-refractivity contribution >= 4 is 33.4 Å². The van der Waals surface area contributed by atoms with Crippen LogP contribution in [0.4, 0.5) is 11.6 Å². The number of hydrogen-bond acceptors (Lipinski definition) is 14. The first-order valence-corrected chi connectivity index (χ1v) is 23.7. The zero-order chi connectivity index (χ0) is 47.0. The van der Waals surface area contributed by atoms with Gasteiger partial charge in [0.15, 0.2) is 17.5 Å². The van der Waals surface area contributed by atoms with Crippen LogP contribution in [-0.2, 0) is 28.8 Å². The molecule has 0 unspecified atom stereocenters. The van der Waals surface area contributed by atoms with E-state index in [0.717, 1.165) is 82.8 Å². The average Bonchev–Trinajstić information content (AvgIpc) is 3.92. The fourth-order valence-corrected chi connectivity index (χ4v) is 10.6. The molecule has 6 aromatic rings. The maximum atomic E-state index is 11.3. The van der Waals surface area contributed by atoms with Crippen molar-refractivity contribution in [2.45, 2.75) is 115 Å². The first-order chi connectivity index (χ1) is 32.1. The molecule has 0 radical (unpaired) electrons. The fraction of sp³-hybridized carbons (Fsp3) is 0.529. The highest BCUT2D eigenvalue weighted by Crippen LogP contribution is 2.46. The molecular weight excluding hydrogens is 845 g/mol. The van der Waals surface area contributed by atoms with Crippen LogP contribution in [0, 0.1) is 46.3 Å². The van der Waals surface area contributed by atoms with Crippen LogP contribution in [0.5, 0.6) is 6.01 Å². The molecule has 16 nitrogen and oxygen atoms in total. The summed E-state index contributed by atoms with van der Waals surface area (Å²) in [6, 6.07) is 19.6. The fourth-order valence-electron chi connectivity index (χ4n) is 10.6. The number of methoxy groups -OCH3 is 1. The maximum Gasteiger partial charge on any atom is 0.320 e. The maximum absolute atomic E-state index is 11.3. The van der Waals surface area contributed by atoms with Gasteiger partial charge in [0.25, 0.3) is 0 Å². The molecule has 2 N–H and O–H groups in total. The normalized spacial score (nSPS) is 26.7. The smallest absolute Gasteiger partial charge is 0.320 e. The summed E-state index contributed by atoms with van der Waals surface area (Å²) >= 11 is 0. The Balaban J connectivity index is 1.00. The molecule has 4 aromatic heterocycles. The summed E-state index contributed by atoms with van der Waals surface area (Å²) in [6.07, 6.45) is 8.84. The van der Waals surface area contributed by atoms with Gasteiger partial charge in [-0.2, -0.15) is 30.7 Å². The lowest BCUT2D eigenvalue weighted by atomic mass is 9.65. The highest BCUT2D eigenvalue weighted by molar-refractivity contribution is 5.85. The molecule has 2 aliphatic carbocycles. The number of rotatable bonds is 11. The molecule has 6 heterocycles. The largest absolute Gasteiger partial charge is 0.467 e. The van der Waals surface area contributed by atoms with E-state index >= 15 is 0 Å². The Labute approximate surface area is 391 Å². The SMILES string of the molecule is COc1nc(N2C[C@@H](C)[C@@](C)(O)[C@@H](C)C2)cc(-n2ncc3c(COCc4nc(N5C[C@@H](C)[C@@](C)(O)[C@@H](C)C5)cc(-n5ncc6ccc(C7(C#N)CCC7)cc65)n4)cc(C4(C#N)CCC4)cc32)n1. The Kier molecular flexibility index (Phi) is 11.0. The van der Waals surface area contributed by atoms with Gasteiger partial charge in [-0.1, -0.05) is 45.9 Å². The predicted molar refractivity (Wildman–Crippen MR) is 253 cm³/mol. The molecule has 0 spiro atoms. The van der Waals surface area contributed by atoms with Gasteiger partial charge in [0, 0.05) is 72.8 Å². The first kappa shape index (κ1) is 44.6. The van der Waals surface area contributed by atoms with E-state index in [-0.39, 0.29) is 42.9 Å². The second-order valence-corrected chi connectivity index (χ2v) is 20.5. The standard InChI is InChI=1S/C51H60N12O4/c1-31-23-60(24-32(2)48(31,5)64)43-19-45(62-40-17-37(11-10-35(40)21-54-62)50(29-52)12-8-13-50)57-42(56-43)28-67-27-36-16-38(51(30-53)14-9-15-51)18-41-39(36)22-55-63(41)46-20-44(58-47(59-46)66-7)61-25-33(3)49(6,65)34(4)26-61/h10-11,16-22,31-34,64-65H,8-9,12-15,23-28H2,1-7H3/t31-,32+,33-,34+,48-,49-. The Hall–Kier alpha value is -6.20. The van der Waals surface area contributed by atoms with Crippen molar-refractivity contribution in [2.75, 3.05) is 43.1 Å². The van der Waals surface area contributed by atoms with E-state index in [0.29, 0.717) is 49.5 Å². The number of nitrogens with zero attached hydrogens (tertiary/aromatic N) is 12. The highest BCUT2D eigenvalue weighted by Gasteiger charge is 2.44. The monoisotopic (exact) mass is 904 g/mol. The Morgan fingerprint density at radius 1 is 0.642 bits per heavy atom. The van der Waals surface area contributed by atoms with Crippen molar-refractivity contribution in [3.05, 3.63) is 77.4 Å². The zero-order valence-electron chi connectivity index (χ0n) is 39.6. The van der Waals surface area contributed by atoms with Crippen molar-refractivity contribution in [3.63, 3.8) is 0 Å². The minimum Gasteiger partial charge on any atom is -0.467 e. The number of anilines is 2. The molecule has 16 heteroatoms. The minimum absolute atomic E-state index is 0.00327. The van der Waals surface area contributed by atoms with Crippen molar-refractivity contribution < 1.29 is 19.7 Å². The third-order valence-corrected chi connectivity index (χ3v) is 16.4. The van der Waals surface area contributed by atoms with Crippen LogP contribution in [0.25, 0.3) is 33.4 Å². The topological polar surface area (TPSA) is 200 Å². The number of fused-ring (bicyclic) bond motifs is 2. The summed E-state index contributed by atoms with van der Waals surface area (Å²) < 4.78 is 15.8. The number of piperidine rings is 2. The van der Waals surface area contributed by atoms with Gasteiger partial charge in [-0.15, -0.1) is 0 Å². The van der Waals surface area contributed by atoms with Crippen molar-refractivity contribution in [1.82, 2.24) is 39.5 Å². The van der Waals surface area contributed by atoms with E-state index in [1.807, 2.05) is 55.2 Å². The summed E-state index contributed by atoms with van der Waals surface area (Å²) in [5.74, 6) is 2.95. The van der Waals surface area contributed by atoms with Crippen molar-refractivity contribution in [1.29, 1.82) is 10.5 Å². The van der Waals surface area contributed by atoms with Gasteiger partial charge in [0.1, 0.15) is 18.2 Å². The third-order valence-electron chi connectivity index (χ3n) is 16.4. The van der Waals surface area contributed by atoms with Gasteiger partial charge in [0.05, 0.1) is 71.3 Å². The van der Waals surface area contributed by atoms with E-state index in [1.165, 1.54) is 0 Å². The number of aromatic nitrogens is 8. The van der Waals surface area contributed by atoms with E-state index in [2.05, 4.69) is 67.8 Å². The predicted octanol–water partition coefficient (Wildman–Crippen LogP) is 7.25. The van der Waals surface area contributed by atoms with Gasteiger partial charge in [-0.25, -0.2) is 19.3 Å². The summed E-state index contributed by atoms with van der Waals surface area (Å²) in [7, 11) is 1.55. The number of aliphatic hydroxyl groups is 2. The highest BCUT2D eigenvalue weighted by atomic mass is 16.5. The van der Waals surface area contributed by atoms with Crippen LogP contribution in [0.15, 0.2) is 54.9 Å². The molecule has 0 amide bonds. The third kappa shape index (κ3) is 7.54. The summed E-state index contributed by atoms with van der Waals surface area (Å²) in [6.45, 7) is 14.8. The molecule has 67 heavy (non-hydrogen) atoms. The first-order valence-electron chi connectivity index (χ1n) is 23.7. The van der Waals surface area contributed by atoms with E-state index in [4.69, 9.17) is 39.6 Å². The van der Waals surface area contributed by atoms with E-state index in [1.54, 1.807) is 11.8 Å². The zero-order valence-corrected chi connectivity index (χ0v) is 39.6. The van der Waals surface area contributed by atoms with Gasteiger partial charge in [-0.3, -0.25) is 0 Å². The van der Waals surface area contributed by atoms with Gasteiger partial charge in [0.2, 0.25) is 0 Å². The average molecular weight is 905 g/mol. The van der Waals surface area contributed by atoms with E-state index < -0.39 is 22.0 Å². The Morgan fingerprint density at radius 2 is 1.15 bits per heavy atom. The molecule has 2 aromatic carbocycles. The molecule has 6 atom stereocenters. The number of nitriles is 2. The minimum atomic E-state index is -0.821. The molecule has 4 aliphatic rings. The van der Waals surface area contributed by atoms with Gasteiger partial charge in [-0.05, 0) is 81.2 Å². The van der Waals surface area contributed by atoms with Crippen LogP contribution in [0.2, 0.25) is 0 Å². The van der Waals surface area contributed by atoms with Crippen molar-refractivity contribution in [2.24, 2.45) is 23.7 Å². The summed E-state index contributed by atoms with van der Waals surface area (Å²) in [4.78, 5) is 24.0. The molecule has 10 rings (SSSR count). The lowest BCUT2D eigenvalue weighted by Gasteiger charge is -2.46. The number of hydrogen-bond donors (Lipinski definition) is 2. The molecule has 2 aliphatic heterocycles. The molecule has 2 saturated heterocycles. The van der Waals surface area contributed by atoms with Crippen LogP contribution in [-0.4, -0.2) is 94.2 Å². The second-order valence-electron chi connectivity index (χ2n) is 20.5. The summed E-state index contributed by atoms with van der Waals surface area (Å²) in [5, 5.41) is 54.7.